The molecule has 1 aliphatic heterocycles. The van der Waals surface area contributed by atoms with Crippen molar-refractivity contribution in [3.8, 4) is 0 Å². The Morgan fingerprint density at radius 1 is 1.47 bits per heavy atom. The van der Waals surface area contributed by atoms with Crippen LogP contribution in [0.5, 0.6) is 0 Å². The number of nitrogens with zero attached hydrogens (tertiary/aromatic N) is 3. The summed E-state index contributed by atoms with van der Waals surface area (Å²) in [5, 5.41) is 3.34. The number of hydrogen-bond donors (Lipinski definition) is 1. The SMILES string of the molecule is CNC1CCCN(Cc2ncccn2)C1. The fourth-order valence-corrected chi connectivity index (χ4v) is 2.05. The molecule has 15 heavy (non-hydrogen) atoms. The van der Waals surface area contributed by atoms with Crippen molar-refractivity contribution in [1.29, 1.82) is 0 Å². The second-order valence-corrected chi connectivity index (χ2v) is 4.03. The van der Waals surface area contributed by atoms with Gasteiger partial charge in [0.05, 0.1) is 6.54 Å². The first-order valence-electron chi connectivity index (χ1n) is 5.54. The van der Waals surface area contributed by atoms with Crippen molar-refractivity contribution >= 4 is 0 Å². The minimum Gasteiger partial charge on any atom is -0.316 e. The van der Waals surface area contributed by atoms with Gasteiger partial charge in [0.2, 0.25) is 0 Å². The van der Waals surface area contributed by atoms with Crippen LogP contribution < -0.4 is 5.32 Å². The van der Waals surface area contributed by atoms with Crippen LogP contribution in [-0.4, -0.2) is 41.0 Å². The van der Waals surface area contributed by atoms with Gasteiger partial charge in [0, 0.05) is 25.0 Å². The van der Waals surface area contributed by atoms with E-state index >= 15 is 0 Å². The minimum absolute atomic E-state index is 0.627. The molecule has 0 bridgehead atoms. The summed E-state index contributed by atoms with van der Waals surface area (Å²) in [6.45, 7) is 3.14. The Balaban J connectivity index is 1.89. The lowest BCUT2D eigenvalue weighted by atomic mass is 10.1. The average molecular weight is 206 g/mol. The van der Waals surface area contributed by atoms with Gasteiger partial charge in [-0.1, -0.05) is 0 Å². The van der Waals surface area contributed by atoms with Gasteiger partial charge in [-0.3, -0.25) is 4.90 Å². The Kier molecular flexibility index (Phi) is 3.64. The zero-order chi connectivity index (χ0) is 10.5. The fourth-order valence-electron chi connectivity index (χ4n) is 2.05. The van der Waals surface area contributed by atoms with Crippen LogP contribution in [0.25, 0.3) is 0 Å². The molecular formula is C11H18N4. The molecule has 1 aliphatic rings. The van der Waals surface area contributed by atoms with Gasteiger partial charge in [0.1, 0.15) is 5.82 Å². The van der Waals surface area contributed by atoms with Crippen molar-refractivity contribution < 1.29 is 0 Å². The molecule has 1 fully saturated rings. The second-order valence-electron chi connectivity index (χ2n) is 4.03. The van der Waals surface area contributed by atoms with Crippen LogP contribution in [0.2, 0.25) is 0 Å². The van der Waals surface area contributed by atoms with E-state index in [-0.39, 0.29) is 0 Å². The summed E-state index contributed by atoms with van der Waals surface area (Å²) in [6.07, 6.45) is 6.16. The van der Waals surface area contributed by atoms with Gasteiger partial charge >= 0.3 is 0 Å². The molecule has 2 rings (SSSR count). The molecule has 0 aromatic carbocycles. The lowest BCUT2D eigenvalue weighted by Crippen LogP contribution is -2.44. The maximum Gasteiger partial charge on any atom is 0.142 e. The number of likely N-dealkylation sites (N-methyl/N-ethyl adjacent to an activating group) is 1. The van der Waals surface area contributed by atoms with Crippen molar-refractivity contribution in [2.75, 3.05) is 20.1 Å². The molecule has 2 heterocycles. The lowest BCUT2D eigenvalue weighted by molar-refractivity contribution is 0.184. The van der Waals surface area contributed by atoms with Crippen LogP contribution in [0.3, 0.4) is 0 Å². The van der Waals surface area contributed by atoms with E-state index in [9.17, 15) is 0 Å². The first-order chi connectivity index (χ1) is 7.38. The molecule has 4 heteroatoms. The van der Waals surface area contributed by atoms with Gasteiger partial charge in [-0.2, -0.15) is 0 Å². The van der Waals surface area contributed by atoms with Crippen LogP contribution in [0.15, 0.2) is 18.5 Å². The highest BCUT2D eigenvalue weighted by Gasteiger charge is 2.18. The summed E-state index contributed by atoms with van der Waals surface area (Å²) in [7, 11) is 2.03. The third-order valence-corrected chi connectivity index (χ3v) is 2.90. The molecule has 1 aromatic heterocycles. The molecule has 1 unspecified atom stereocenters. The number of piperidine rings is 1. The molecule has 0 amide bonds. The Hall–Kier alpha value is -1.00. The Morgan fingerprint density at radius 3 is 3.00 bits per heavy atom. The highest BCUT2D eigenvalue weighted by molar-refractivity contribution is 4.89. The van der Waals surface area contributed by atoms with Crippen LogP contribution in [0.4, 0.5) is 0 Å². The number of likely N-dealkylation sites (tertiary alicyclic amines) is 1. The molecule has 1 atom stereocenters. The molecule has 1 N–H and O–H groups in total. The largest absolute Gasteiger partial charge is 0.316 e. The third-order valence-electron chi connectivity index (χ3n) is 2.90. The molecule has 0 aliphatic carbocycles. The number of hydrogen-bond acceptors (Lipinski definition) is 4. The zero-order valence-corrected chi connectivity index (χ0v) is 9.19. The topological polar surface area (TPSA) is 41.0 Å². The van der Waals surface area contributed by atoms with E-state index in [0.717, 1.165) is 25.5 Å². The normalized spacial score (nSPS) is 22.9. The minimum atomic E-state index is 0.627. The first kappa shape index (κ1) is 10.5. The molecule has 0 spiro atoms. The molecule has 4 nitrogen and oxygen atoms in total. The zero-order valence-electron chi connectivity index (χ0n) is 9.19. The monoisotopic (exact) mass is 206 g/mol. The van der Waals surface area contributed by atoms with E-state index in [0.29, 0.717) is 6.04 Å². The highest BCUT2D eigenvalue weighted by atomic mass is 15.2. The number of aromatic nitrogens is 2. The number of rotatable bonds is 3. The van der Waals surface area contributed by atoms with Gasteiger partial charge in [-0.15, -0.1) is 0 Å². The molecule has 1 saturated heterocycles. The second kappa shape index (κ2) is 5.19. The predicted molar refractivity (Wildman–Crippen MR) is 59.4 cm³/mol. The molecule has 0 radical (unpaired) electrons. The third kappa shape index (κ3) is 2.97. The summed E-state index contributed by atoms with van der Waals surface area (Å²) in [6, 6.07) is 2.48. The van der Waals surface area contributed by atoms with E-state index < -0.39 is 0 Å². The van der Waals surface area contributed by atoms with Crippen molar-refractivity contribution in [3.05, 3.63) is 24.3 Å². The van der Waals surface area contributed by atoms with Gasteiger partial charge in [0.15, 0.2) is 0 Å². The van der Waals surface area contributed by atoms with Crippen LogP contribution in [0, 0.1) is 0 Å². The van der Waals surface area contributed by atoms with Gasteiger partial charge < -0.3 is 5.32 Å². The molecule has 0 saturated carbocycles. The van der Waals surface area contributed by atoms with E-state index in [1.807, 2.05) is 25.5 Å². The van der Waals surface area contributed by atoms with Gasteiger partial charge in [-0.05, 0) is 32.5 Å². The number of nitrogens with one attached hydrogen (secondary N) is 1. The van der Waals surface area contributed by atoms with Gasteiger partial charge in [0.25, 0.3) is 0 Å². The molecule has 82 valence electrons. The Bertz CT molecular complexity index is 288. The van der Waals surface area contributed by atoms with E-state index in [1.54, 1.807) is 0 Å². The Labute approximate surface area is 90.7 Å². The van der Waals surface area contributed by atoms with Gasteiger partial charge in [-0.25, -0.2) is 9.97 Å². The van der Waals surface area contributed by atoms with Crippen LogP contribution in [0.1, 0.15) is 18.7 Å². The fraction of sp³-hybridized carbons (Fsp3) is 0.636. The summed E-state index contributed by atoms with van der Waals surface area (Å²) < 4.78 is 0. The lowest BCUT2D eigenvalue weighted by Gasteiger charge is -2.31. The molecule has 1 aromatic rings. The summed E-state index contributed by atoms with van der Waals surface area (Å²) in [4.78, 5) is 10.9. The van der Waals surface area contributed by atoms with E-state index in [2.05, 4.69) is 20.2 Å². The maximum atomic E-state index is 4.25. The maximum absolute atomic E-state index is 4.25. The molecular weight excluding hydrogens is 188 g/mol. The van der Waals surface area contributed by atoms with E-state index in [1.165, 1.54) is 12.8 Å². The van der Waals surface area contributed by atoms with Crippen LogP contribution in [-0.2, 0) is 6.54 Å². The van der Waals surface area contributed by atoms with Crippen molar-refractivity contribution in [3.63, 3.8) is 0 Å². The van der Waals surface area contributed by atoms with Crippen molar-refractivity contribution in [1.82, 2.24) is 20.2 Å². The summed E-state index contributed by atoms with van der Waals surface area (Å²) >= 11 is 0. The van der Waals surface area contributed by atoms with Crippen molar-refractivity contribution in [2.24, 2.45) is 0 Å². The smallest absolute Gasteiger partial charge is 0.142 e. The summed E-state index contributed by atoms with van der Waals surface area (Å²) in [5.74, 6) is 0.925. The predicted octanol–water partition coefficient (Wildman–Crippen LogP) is 0.660. The first-order valence-corrected chi connectivity index (χ1v) is 5.54. The summed E-state index contributed by atoms with van der Waals surface area (Å²) in [5.41, 5.74) is 0. The standard InChI is InChI=1S/C11H18N4/c1-12-10-4-2-7-15(8-10)9-11-13-5-3-6-14-11/h3,5-6,10,12H,2,4,7-9H2,1H3. The quantitative estimate of drug-likeness (QED) is 0.789. The van der Waals surface area contributed by atoms with E-state index in [4.69, 9.17) is 0 Å². The highest BCUT2D eigenvalue weighted by Crippen LogP contribution is 2.11. The van der Waals surface area contributed by atoms with Crippen LogP contribution >= 0.6 is 0 Å². The van der Waals surface area contributed by atoms with Crippen molar-refractivity contribution in [2.45, 2.75) is 25.4 Å². The Morgan fingerprint density at radius 2 is 2.27 bits per heavy atom. The average Bonchev–Trinajstić information content (AvgIpc) is 2.31.